The molecule has 1 aliphatic carbocycles. The van der Waals surface area contributed by atoms with Crippen LogP contribution in [0.15, 0.2) is 29.3 Å². The van der Waals surface area contributed by atoms with Gasteiger partial charge >= 0.3 is 5.69 Å². The lowest BCUT2D eigenvalue weighted by molar-refractivity contribution is 0.509. The number of thiophene rings is 1. The molecule has 4 aromatic heterocycles. The summed E-state index contributed by atoms with van der Waals surface area (Å²) in [5, 5.41) is 5.78. The van der Waals surface area contributed by atoms with Crippen molar-refractivity contribution in [1.82, 2.24) is 24.1 Å². The van der Waals surface area contributed by atoms with Gasteiger partial charge in [0, 0.05) is 17.3 Å². The summed E-state index contributed by atoms with van der Waals surface area (Å²) in [7, 11) is 0. The summed E-state index contributed by atoms with van der Waals surface area (Å²) in [5.41, 5.74) is 2.91. The highest BCUT2D eigenvalue weighted by atomic mass is 32.1. The van der Waals surface area contributed by atoms with Gasteiger partial charge in [0.2, 0.25) is 0 Å². The molecule has 6 nitrogen and oxygen atoms in total. The van der Waals surface area contributed by atoms with Gasteiger partial charge in [0.1, 0.15) is 10.7 Å². The van der Waals surface area contributed by atoms with Crippen LogP contribution in [0.5, 0.6) is 0 Å². The summed E-state index contributed by atoms with van der Waals surface area (Å²) in [5.74, 6) is 1.40. The van der Waals surface area contributed by atoms with Crippen LogP contribution in [-0.4, -0.2) is 24.1 Å². The van der Waals surface area contributed by atoms with Gasteiger partial charge in [0.15, 0.2) is 5.65 Å². The SMILES string of the molecule is Cc1nc2sc3c(c2c2nn(Cc4cccnc4)c(=O)n12)CC[C@@H](C)C3. The van der Waals surface area contributed by atoms with Gasteiger partial charge in [-0.3, -0.25) is 4.98 Å². The molecule has 1 atom stereocenters. The first-order valence-corrected chi connectivity index (χ1v) is 9.73. The van der Waals surface area contributed by atoms with Crippen LogP contribution in [0, 0.1) is 12.8 Å². The third kappa shape index (κ3) is 2.30. The smallest absolute Gasteiger partial charge is 0.264 e. The van der Waals surface area contributed by atoms with Crippen LogP contribution in [0.2, 0.25) is 0 Å². The fourth-order valence-corrected chi connectivity index (χ4v) is 5.29. The number of hydrogen-bond acceptors (Lipinski definition) is 5. The minimum Gasteiger partial charge on any atom is -0.264 e. The quantitative estimate of drug-likeness (QED) is 0.548. The Morgan fingerprint density at radius 2 is 2.27 bits per heavy atom. The van der Waals surface area contributed by atoms with Crippen molar-refractivity contribution in [3.63, 3.8) is 0 Å². The van der Waals surface area contributed by atoms with Crippen LogP contribution in [0.4, 0.5) is 0 Å². The van der Waals surface area contributed by atoms with E-state index in [1.54, 1.807) is 28.1 Å². The first-order valence-electron chi connectivity index (χ1n) is 8.91. The van der Waals surface area contributed by atoms with E-state index in [-0.39, 0.29) is 5.69 Å². The maximum absolute atomic E-state index is 12.9. The van der Waals surface area contributed by atoms with Gasteiger partial charge in [-0.05, 0) is 49.3 Å². The van der Waals surface area contributed by atoms with Gasteiger partial charge in [0.05, 0.1) is 11.9 Å². The number of nitrogens with zero attached hydrogens (tertiary/aromatic N) is 5. The summed E-state index contributed by atoms with van der Waals surface area (Å²) in [4.78, 5) is 24.2. The molecule has 0 spiro atoms. The van der Waals surface area contributed by atoms with Crippen molar-refractivity contribution in [2.75, 3.05) is 0 Å². The predicted octanol–water partition coefficient (Wildman–Crippen LogP) is 2.98. The lowest BCUT2D eigenvalue weighted by Crippen LogP contribution is -2.23. The summed E-state index contributed by atoms with van der Waals surface area (Å²) < 4.78 is 3.18. The van der Waals surface area contributed by atoms with Gasteiger partial charge in [0.25, 0.3) is 0 Å². The van der Waals surface area contributed by atoms with E-state index in [4.69, 9.17) is 10.1 Å². The fraction of sp³-hybridized carbons (Fsp3) is 0.368. The van der Waals surface area contributed by atoms with Gasteiger partial charge in [-0.15, -0.1) is 16.4 Å². The number of pyridine rings is 1. The van der Waals surface area contributed by atoms with Crippen molar-refractivity contribution in [1.29, 1.82) is 0 Å². The second-order valence-electron chi connectivity index (χ2n) is 7.15. The van der Waals surface area contributed by atoms with Crippen molar-refractivity contribution in [2.24, 2.45) is 5.92 Å². The Hall–Kier alpha value is -2.54. The summed E-state index contributed by atoms with van der Waals surface area (Å²) in [6.45, 7) is 4.60. The lowest BCUT2D eigenvalue weighted by atomic mass is 9.89. The molecule has 0 radical (unpaired) electrons. The molecular weight excluding hydrogens is 346 g/mol. The molecule has 0 amide bonds. The molecule has 0 aliphatic heterocycles. The van der Waals surface area contributed by atoms with Gasteiger partial charge in [-0.1, -0.05) is 13.0 Å². The van der Waals surface area contributed by atoms with E-state index in [0.717, 1.165) is 34.3 Å². The minimum atomic E-state index is -0.139. The van der Waals surface area contributed by atoms with Crippen molar-refractivity contribution >= 4 is 27.2 Å². The standard InChI is InChI=1S/C19H19N5OS/c1-11-5-6-14-15(8-11)26-18-16(14)17-22-23(10-13-4-3-7-20-9-13)19(25)24(17)12(2)21-18/h3-4,7,9,11H,5-6,8,10H2,1-2H3/t11-/m1/s1. The molecule has 4 aromatic rings. The Morgan fingerprint density at radius 3 is 3.08 bits per heavy atom. The van der Waals surface area contributed by atoms with E-state index in [2.05, 4.69) is 11.9 Å². The number of fused-ring (bicyclic) bond motifs is 5. The maximum atomic E-state index is 12.9. The Kier molecular flexibility index (Phi) is 3.46. The van der Waals surface area contributed by atoms with Crippen molar-refractivity contribution in [3.05, 3.63) is 56.8 Å². The third-order valence-corrected chi connectivity index (χ3v) is 6.35. The van der Waals surface area contributed by atoms with Crippen LogP contribution >= 0.6 is 11.3 Å². The van der Waals surface area contributed by atoms with E-state index in [0.29, 0.717) is 18.3 Å². The number of aromatic nitrogens is 5. The first-order chi connectivity index (χ1) is 12.6. The highest BCUT2D eigenvalue weighted by Gasteiger charge is 2.25. The van der Waals surface area contributed by atoms with E-state index in [1.807, 2.05) is 19.1 Å². The molecule has 0 aromatic carbocycles. The zero-order chi connectivity index (χ0) is 17.8. The van der Waals surface area contributed by atoms with Crippen molar-refractivity contribution in [2.45, 2.75) is 39.7 Å². The zero-order valence-electron chi connectivity index (χ0n) is 14.8. The third-order valence-electron chi connectivity index (χ3n) is 5.20. The van der Waals surface area contributed by atoms with E-state index >= 15 is 0 Å². The van der Waals surface area contributed by atoms with Crippen LogP contribution < -0.4 is 5.69 Å². The highest BCUT2D eigenvalue weighted by molar-refractivity contribution is 7.19. The average molecular weight is 365 g/mol. The molecule has 1 aliphatic rings. The Labute approximate surface area is 154 Å². The first kappa shape index (κ1) is 15.7. The molecule has 0 unspecified atom stereocenters. The summed E-state index contributed by atoms with van der Waals surface area (Å²) in [6.07, 6.45) is 6.82. The molecule has 0 fully saturated rings. The number of rotatable bonds is 2. The van der Waals surface area contributed by atoms with Crippen molar-refractivity contribution in [3.8, 4) is 0 Å². The van der Waals surface area contributed by atoms with Gasteiger partial charge < -0.3 is 0 Å². The second kappa shape index (κ2) is 5.74. The van der Waals surface area contributed by atoms with Crippen LogP contribution in [-0.2, 0) is 19.4 Å². The largest absolute Gasteiger partial charge is 0.352 e. The Bertz CT molecular complexity index is 1190. The second-order valence-corrected chi connectivity index (χ2v) is 8.24. The minimum absolute atomic E-state index is 0.139. The Morgan fingerprint density at radius 1 is 1.38 bits per heavy atom. The lowest BCUT2D eigenvalue weighted by Gasteiger charge is -2.17. The van der Waals surface area contributed by atoms with E-state index in [9.17, 15) is 4.79 Å². The molecule has 0 saturated carbocycles. The highest BCUT2D eigenvalue weighted by Crippen LogP contribution is 2.38. The fourth-order valence-electron chi connectivity index (χ4n) is 3.87. The normalized spacial score (nSPS) is 17.1. The number of hydrogen-bond donors (Lipinski definition) is 0. The topological polar surface area (TPSA) is 65.1 Å². The maximum Gasteiger partial charge on any atom is 0.352 e. The van der Waals surface area contributed by atoms with Crippen molar-refractivity contribution < 1.29 is 0 Å². The molecule has 0 N–H and O–H groups in total. The molecule has 0 saturated heterocycles. The number of aryl methyl sites for hydroxylation is 2. The van der Waals surface area contributed by atoms with E-state index in [1.165, 1.54) is 21.5 Å². The molecular formula is C19H19N5OS. The average Bonchev–Trinajstić information content (AvgIpc) is 3.13. The molecule has 132 valence electrons. The summed E-state index contributed by atoms with van der Waals surface area (Å²) >= 11 is 1.77. The Balaban J connectivity index is 1.76. The van der Waals surface area contributed by atoms with Gasteiger partial charge in [-0.2, -0.15) is 0 Å². The van der Waals surface area contributed by atoms with Crippen LogP contribution in [0.1, 0.15) is 35.2 Å². The van der Waals surface area contributed by atoms with Crippen LogP contribution in [0.25, 0.3) is 15.9 Å². The zero-order valence-corrected chi connectivity index (χ0v) is 15.6. The molecule has 4 heterocycles. The van der Waals surface area contributed by atoms with Gasteiger partial charge in [-0.25, -0.2) is 18.9 Å². The summed E-state index contributed by atoms with van der Waals surface area (Å²) in [6, 6.07) is 3.83. The predicted molar refractivity (Wildman–Crippen MR) is 102 cm³/mol. The van der Waals surface area contributed by atoms with E-state index < -0.39 is 0 Å². The molecule has 0 bridgehead atoms. The monoisotopic (exact) mass is 365 g/mol. The van der Waals surface area contributed by atoms with Crippen LogP contribution in [0.3, 0.4) is 0 Å². The molecule has 7 heteroatoms. The molecule has 5 rings (SSSR count). The molecule has 26 heavy (non-hydrogen) atoms.